The van der Waals surface area contributed by atoms with Gasteiger partial charge in [0, 0.05) is 32.1 Å². The molecule has 5 heteroatoms. The van der Waals surface area contributed by atoms with Crippen LogP contribution in [0.15, 0.2) is 22.7 Å². The molecule has 0 radical (unpaired) electrons. The lowest BCUT2D eigenvalue weighted by Crippen LogP contribution is -2.47. The maximum atomic E-state index is 13.2. The lowest BCUT2D eigenvalue weighted by Gasteiger charge is -2.32. The van der Waals surface area contributed by atoms with Crippen LogP contribution < -0.4 is 5.32 Å². The number of halogens is 2. The zero-order chi connectivity index (χ0) is 14.0. The smallest absolute Gasteiger partial charge is 0.222 e. The molecule has 1 aromatic rings. The highest BCUT2D eigenvalue weighted by molar-refractivity contribution is 9.10. The Morgan fingerprint density at radius 2 is 2.26 bits per heavy atom. The Morgan fingerprint density at radius 3 is 2.89 bits per heavy atom. The summed E-state index contributed by atoms with van der Waals surface area (Å²) < 4.78 is 13.7. The van der Waals surface area contributed by atoms with E-state index in [1.807, 2.05) is 7.05 Å². The third-order valence-corrected chi connectivity index (χ3v) is 4.16. The van der Waals surface area contributed by atoms with Gasteiger partial charge >= 0.3 is 0 Å². The van der Waals surface area contributed by atoms with E-state index < -0.39 is 0 Å². The molecule has 1 N–H and O–H groups in total. The van der Waals surface area contributed by atoms with Crippen LogP contribution in [0.4, 0.5) is 4.39 Å². The number of carbonyl (C=O) groups excluding carboxylic acids is 1. The molecule has 0 aliphatic carbocycles. The Morgan fingerprint density at radius 1 is 1.53 bits per heavy atom. The molecule has 1 fully saturated rings. The van der Waals surface area contributed by atoms with E-state index in [1.54, 1.807) is 17.0 Å². The molecule has 1 aromatic carbocycles. The molecule has 1 saturated heterocycles. The molecule has 2 atom stereocenters. The minimum Gasteiger partial charge on any atom is -0.344 e. The van der Waals surface area contributed by atoms with E-state index in [0.717, 1.165) is 18.5 Å². The third kappa shape index (κ3) is 3.54. The molecule has 19 heavy (non-hydrogen) atoms. The minimum atomic E-state index is -0.251. The topological polar surface area (TPSA) is 32.3 Å². The highest BCUT2D eigenvalue weighted by Gasteiger charge is 2.24. The SMILES string of the molecule is CC(NC1CCC(=O)N(C)C1)c1ccc(F)c(Br)c1. The average molecular weight is 329 g/mol. The predicted molar refractivity (Wildman–Crippen MR) is 76.3 cm³/mol. The summed E-state index contributed by atoms with van der Waals surface area (Å²) in [7, 11) is 1.83. The van der Waals surface area contributed by atoms with Gasteiger partial charge in [0.2, 0.25) is 5.91 Å². The van der Waals surface area contributed by atoms with Gasteiger partial charge in [-0.3, -0.25) is 4.79 Å². The molecular weight excluding hydrogens is 311 g/mol. The van der Waals surface area contributed by atoms with Gasteiger partial charge in [-0.2, -0.15) is 0 Å². The van der Waals surface area contributed by atoms with Crippen LogP contribution in [0.3, 0.4) is 0 Å². The molecule has 1 amide bonds. The molecule has 1 heterocycles. The summed E-state index contributed by atoms with van der Waals surface area (Å²) in [6.07, 6.45) is 1.45. The zero-order valence-electron chi connectivity index (χ0n) is 11.1. The van der Waals surface area contributed by atoms with Gasteiger partial charge in [0.25, 0.3) is 0 Å². The normalized spacial score (nSPS) is 21.6. The van der Waals surface area contributed by atoms with Gasteiger partial charge < -0.3 is 10.2 Å². The van der Waals surface area contributed by atoms with Gasteiger partial charge in [-0.15, -0.1) is 0 Å². The Balaban J connectivity index is 1.98. The molecule has 1 aliphatic heterocycles. The number of likely N-dealkylation sites (tertiary alicyclic amines) is 1. The molecule has 1 aliphatic rings. The largest absolute Gasteiger partial charge is 0.344 e. The quantitative estimate of drug-likeness (QED) is 0.925. The van der Waals surface area contributed by atoms with E-state index in [0.29, 0.717) is 16.9 Å². The monoisotopic (exact) mass is 328 g/mol. The van der Waals surface area contributed by atoms with Crippen LogP contribution in [0, 0.1) is 5.82 Å². The van der Waals surface area contributed by atoms with Gasteiger partial charge in [0.15, 0.2) is 0 Å². The number of nitrogens with zero attached hydrogens (tertiary/aromatic N) is 1. The van der Waals surface area contributed by atoms with Crippen LogP contribution >= 0.6 is 15.9 Å². The van der Waals surface area contributed by atoms with E-state index in [9.17, 15) is 9.18 Å². The van der Waals surface area contributed by atoms with E-state index in [-0.39, 0.29) is 17.8 Å². The fourth-order valence-electron chi connectivity index (χ4n) is 2.38. The highest BCUT2D eigenvalue weighted by atomic mass is 79.9. The summed E-state index contributed by atoms with van der Waals surface area (Å²) in [5.41, 5.74) is 1.04. The number of likely N-dealkylation sites (N-methyl/N-ethyl adjacent to an activating group) is 1. The van der Waals surface area contributed by atoms with Crippen molar-refractivity contribution < 1.29 is 9.18 Å². The number of hydrogen-bond acceptors (Lipinski definition) is 2. The van der Waals surface area contributed by atoms with Gasteiger partial charge in [-0.1, -0.05) is 6.07 Å². The Kier molecular flexibility index (Phi) is 4.58. The van der Waals surface area contributed by atoms with Crippen LogP contribution in [0.1, 0.15) is 31.4 Å². The van der Waals surface area contributed by atoms with Crippen molar-refractivity contribution in [3.63, 3.8) is 0 Å². The zero-order valence-corrected chi connectivity index (χ0v) is 12.7. The second-order valence-corrected chi connectivity index (χ2v) is 5.93. The molecule has 0 spiro atoms. The first-order chi connectivity index (χ1) is 8.97. The Labute approximate surface area is 121 Å². The maximum Gasteiger partial charge on any atom is 0.222 e. The van der Waals surface area contributed by atoms with Crippen molar-refractivity contribution in [1.82, 2.24) is 10.2 Å². The van der Waals surface area contributed by atoms with Gasteiger partial charge in [0.05, 0.1) is 4.47 Å². The minimum absolute atomic E-state index is 0.128. The van der Waals surface area contributed by atoms with E-state index >= 15 is 0 Å². The van der Waals surface area contributed by atoms with Crippen LogP contribution in [-0.2, 0) is 4.79 Å². The standard InChI is InChI=1S/C14H18BrFN2O/c1-9(10-3-5-13(16)12(15)7-10)17-11-4-6-14(19)18(2)8-11/h3,5,7,9,11,17H,4,6,8H2,1-2H3. The van der Waals surface area contributed by atoms with Crippen LogP contribution in [0.5, 0.6) is 0 Å². The molecule has 2 unspecified atom stereocenters. The first-order valence-electron chi connectivity index (χ1n) is 6.42. The first-order valence-corrected chi connectivity index (χ1v) is 7.21. The lowest BCUT2D eigenvalue weighted by atomic mass is 10.0. The van der Waals surface area contributed by atoms with Crippen LogP contribution in [0.25, 0.3) is 0 Å². The summed E-state index contributed by atoms with van der Waals surface area (Å²) >= 11 is 3.20. The average Bonchev–Trinajstić information content (AvgIpc) is 2.37. The molecule has 2 rings (SSSR count). The number of nitrogens with one attached hydrogen (secondary N) is 1. The maximum absolute atomic E-state index is 13.2. The first kappa shape index (κ1) is 14.5. The molecular formula is C14H18BrFN2O. The summed E-state index contributed by atoms with van der Waals surface area (Å²) in [6.45, 7) is 2.78. The van der Waals surface area contributed by atoms with Gasteiger partial charge in [-0.25, -0.2) is 4.39 Å². The predicted octanol–water partition coefficient (Wildman–Crippen LogP) is 2.86. The van der Waals surface area contributed by atoms with E-state index in [4.69, 9.17) is 0 Å². The third-order valence-electron chi connectivity index (χ3n) is 3.56. The van der Waals surface area contributed by atoms with Crippen molar-refractivity contribution in [3.8, 4) is 0 Å². The number of benzene rings is 1. The van der Waals surface area contributed by atoms with E-state index in [2.05, 4.69) is 28.2 Å². The molecule has 104 valence electrons. The van der Waals surface area contributed by atoms with Crippen molar-refractivity contribution in [1.29, 1.82) is 0 Å². The number of rotatable bonds is 3. The summed E-state index contributed by atoms with van der Waals surface area (Å²) in [6, 6.07) is 5.47. The summed E-state index contributed by atoms with van der Waals surface area (Å²) in [5, 5.41) is 3.50. The van der Waals surface area contributed by atoms with Gasteiger partial charge in [-0.05, 0) is 47.0 Å². The van der Waals surface area contributed by atoms with Crippen molar-refractivity contribution in [2.45, 2.75) is 31.8 Å². The number of hydrogen-bond donors (Lipinski definition) is 1. The van der Waals surface area contributed by atoms with E-state index in [1.165, 1.54) is 6.07 Å². The Bertz CT molecular complexity index is 481. The van der Waals surface area contributed by atoms with Crippen molar-refractivity contribution in [3.05, 3.63) is 34.1 Å². The van der Waals surface area contributed by atoms with Gasteiger partial charge in [0.1, 0.15) is 5.82 Å². The molecule has 0 bridgehead atoms. The fraction of sp³-hybridized carbons (Fsp3) is 0.500. The fourth-order valence-corrected chi connectivity index (χ4v) is 2.78. The second-order valence-electron chi connectivity index (χ2n) is 5.07. The highest BCUT2D eigenvalue weighted by Crippen LogP contribution is 2.22. The van der Waals surface area contributed by atoms with Crippen molar-refractivity contribution in [2.24, 2.45) is 0 Å². The molecule has 3 nitrogen and oxygen atoms in total. The summed E-state index contributed by atoms with van der Waals surface area (Å²) in [4.78, 5) is 13.2. The lowest BCUT2D eigenvalue weighted by molar-refractivity contribution is -0.132. The van der Waals surface area contributed by atoms with Crippen LogP contribution in [-0.4, -0.2) is 30.4 Å². The van der Waals surface area contributed by atoms with Crippen LogP contribution in [0.2, 0.25) is 0 Å². The summed E-state index contributed by atoms with van der Waals surface area (Å²) in [5.74, 6) is -0.0471. The number of carbonyl (C=O) groups is 1. The van der Waals surface area contributed by atoms with Crippen molar-refractivity contribution >= 4 is 21.8 Å². The molecule has 0 saturated carbocycles. The second kappa shape index (κ2) is 6.01. The Hall–Kier alpha value is -0.940. The molecule has 0 aromatic heterocycles. The number of piperidine rings is 1. The number of amides is 1. The van der Waals surface area contributed by atoms with Crippen molar-refractivity contribution in [2.75, 3.05) is 13.6 Å².